The SMILES string of the molecule is Cc1nn(CC(=O)N2CCC2c2ccc(F)cc2)c(=O)c2ccccc12. The number of fused-ring (bicyclic) bond motifs is 1. The Balaban J connectivity index is 1.59. The molecule has 2 aromatic carbocycles. The van der Waals surface area contributed by atoms with Gasteiger partial charge in [0.1, 0.15) is 12.4 Å². The Kier molecular flexibility index (Phi) is 4.03. The highest BCUT2D eigenvalue weighted by Gasteiger charge is 2.33. The van der Waals surface area contributed by atoms with Gasteiger partial charge in [0.2, 0.25) is 5.91 Å². The summed E-state index contributed by atoms with van der Waals surface area (Å²) < 4.78 is 14.3. The van der Waals surface area contributed by atoms with E-state index < -0.39 is 0 Å². The average molecular weight is 351 g/mol. The molecule has 132 valence electrons. The van der Waals surface area contributed by atoms with Crippen molar-refractivity contribution in [1.29, 1.82) is 0 Å². The Morgan fingerprint density at radius 1 is 1.15 bits per heavy atom. The van der Waals surface area contributed by atoms with Crippen LogP contribution < -0.4 is 5.56 Å². The molecule has 1 aliphatic rings. The number of carbonyl (C=O) groups excluding carboxylic acids is 1. The molecule has 0 radical (unpaired) electrons. The standard InChI is InChI=1S/C20H18FN3O2/c1-13-16-4-2-3-5-17(16)20(26)24(22-13)12-19(25)23-11-10-18(23)14-6-8-15(21)9-7-14/h2-9,18H,10-12H2,1H3. The Bertz CT molecular complexity index is 1040. The molecule has 3 aromatic rings. The van der Waals surface area contributed by atoms with Crippen LogP contribution in [0.25, 0.3) is 10.8 Å². The zero-order chi connectivity index (χ0) is 18.3. The van der Waals surface area contributed by atoms with Crippen LogP contribution >= 0.6 is 0 Å². The lowest BCUT2D eigenvalue weighted by atomic mass is 9.94. The second kappa shape index (κ2) is 6.37. The van der Waals surface area contributed by atoms with Gasteiger partial charge in [-0.15, -0.1) is 0 Å². The molecule has 1 fully saturated rings. The molecule has 4 rings (SSSR count). The van der Waals surface area contributed by atoms with Crippen molar-refractivity contribution in [1.82, 2.24) is 14.7 Å². The van der Waals surface area contributed by atoms with Crippen molar-refractivity contribution in [2.45, 2.75) is 25.9 Å². The van der Waals surface area contributed by atoms with Crippen molar-refractivity contribution < 1.29 is 9.18 Å². The Hall–Kier alpha value is -3.02. The van der Waals surface area contributed by atoms with Crippen LogP contribution in [-0.4, -0.2) is 27.1 Å². The molecule has 6 heteroatoms. The fourth-order valence-corrected chi connectivity index (χ4v) is 3.45. The summed E-state index contributed by atoms with van der Waals surface area (Å²) in [5.41, 5.74) is 1.35. The lowest BCUT2D eigenvalue weighted by molar-refractivity contribution is -0.140. The third-order valence-electron chi connectivity index (χ3n) is 4.93. The predicted molar refractivity (Wildman–Crippen MR) is 96.2 cm³/mol. The number of likely N-dealkylation sites (tertiary alicyclic amines) is 1. The van der Waals surface area contributed by atoms with E-state index in [2.05, 4.69) is 5.10 Å². The molecule has 0 aliphatic carbocycles. The number of nitrogens with zero attached hydrogens (tertiary/aromatic N) is 3. The van der Waals surface area contributed by atoms with Gasteiger partial charge in [0.25, 0.3) is 5.56 Å². The van der Waals surface area contributed by atoms with Crippen LogP contribution in [0.3, 0.4) is 0 Å². The summed E-state index contributed by atoms with van der Waals surface area (Å²) in [6, 6.07) is 13.4. The smallest absolute Gasteiger partial charge is 0.275 e. The van der Waals surface area contributed by atoms with Gasteiger partial charge >= 0.3 is 0 Å². The summed E-state index contributed by atoms with van der Waals surface area (Å²) in [6.07, 6.45) is 0.830. The van der Waals surface area contributed by atoms with Crippen LogP contribution in [0.1, 0.15) is 23.7 Å². The van der Waals surface area contributed by atoms with E-state index in [0.29, 0.717) is 17.6 Å². The molecule has 0 N–H and O–H groups in total. The highest BCUT2D eigenvalue weighted by Crippen LogP contribution is 2.33. The van der Waals surface area contributed by atoms with Gasteiger partial charge in [-0.3, -0.25) is 9.59 Å². The number of hydrogen-bond donors (Lipinski definition) is 0. The first-order valence-electron chi connectivity index (χ1n) is 8.56. The van der Waals surface area contributed by atoms with Crippen molar-refractivity contribution in [3.63, 3.8) is 0 Å². The van der Waals surface area contributed by atoms with E-state index in [-0.39, 0.29) is 29.9 Å². The minimum Gasteiger partial charge on any atom is -0.334 e. The molecule has 0 saturated carbocycles. The molecule has 1 aliphatic heterocycles. The zero-order valence-corrected chi connectivity index (χ0v) is 14.4. The van der Waals surface area contributed by atoms with Gasteiger partial charge in [0, 0.05) is 11.9 Å². The van der Waals surface area contributed by atoms with Crippen molar-refractivity contribution in [3.8, 4) is 0 Å². The van der Waals surface area contributed by atoms with Gasteiger partial charge in [0.05, 0.1) is 17.1 Å². The molecule has 0 spiro atoms. The van der Waals surface area contributed by atoms with E-state index in [1.54, 1.807) is 29.2 Å². The number of carbonyl (C=O) groups is 1. The summed E-state index contributed by atoms with van der Waals surface area (Å²) in [7, 11) is 0. The van der Waals surface area contributed by atoms with Crippen molar-refractivity contribution in [2.75, 3.05) is 6.54 Å². The van der Waals surface area contributed by atoms with Gasteiger partial charge < -0.3 is 4.90 Å². The summed E-state index contributed by atoms with van der Waals surface area (Å²) >= 11 is 0. The molecule has 0 bridgehead atoms. The number of benzene rings is 2. The van der Waals surface area contributed by atoms with Crippen LogP contribution in [0.4, 0.5) is 4.39 Å². The number of aromatic nitrogens is 2. The van der Waals surface area contributed by atoms with Crippen molar-refractivity contribution in [2.24, 2.45) is 0 Å². The van der Waals surface area contributed by atoms with Crippen LogP contribution in [-0.2, 0) is 11.3 Å². The van der Waals surface area contributed by atoms with Gasteiger partial charge in [-0.05, 0) is 37.1 Å². The highest BCUT2D eigenvalue weighted by molar-refractivity contribution is 5.84. The molecular weight excluding hydrogens is 333 g/mol. The van der Waals surface area contributed by atoms with E-state index in [9.17, 15) is 14.0 Å². The second-order valence-electron chi connectivity index (χ2n) is 6.54. The molecule has 1 atom stereocenters. The van der Waals surface area contributed by atoms with Crippen molar-refractivity contribution >= 4 is 16.7 Å². The van der Waals surface area contributed by atoms with Gasteiger partial charge in [0.15, 0.2) is 0 Å². The topological polar surface area (TPSA) is 55.2 Å². The van der Waals surface area contributed by atoms with Crippen LogP contribution in [0.5, 0.6) is 0 Å². The normalized spacial score (nSPS) is 16.5. The first kappa shape index (κ1) is 16.4. The number of rotatable bonds is 3. The minimum atomic E-state index is -0.298. The van der Waals surface area contributed by atoms with Gasteiger partial charge in [-0.2, -0.15) is 5.10 Å². The predicted octanol–water partition coefficient (Wildman–Crippen LogP) is 2.82. The van der Waals surface area contributed by atoms with E-state index in [1.165, 1.54) is 16.8 Å². The lowest BCUT2D eigenvalue weighted by Gasteiger charge is -2.41. The monoisotopic (exact) mass is 351 g/mol. The summed E-state index contributed by atoms with van der Waals surface area (Å²) in [5, 5.41) is 5.66. The van der Waals surface area contributed by atoms with Crippen molar-refractivity contribution in [3.05, 3.63) is 76.0 Å². The summed E-state index contributed by atoms with van der Waals surface area (Å²) in [4.78, 5) is 27.0. The Labute approximate surface area is 149 Å². The number of hydrogen-bond acceptors (Lipinski definition) is 3. The maximum atomic E-state index is 13.1. The molecule has 1 unspecified atom stereocenters. The molecule has 1 saturated heterocycles. The maximum absolute atomic E-state index is 13.1. The minimum absolute atomic E-state index is 0.0691. The quantitative estimate of drug-likeness (QED) is 0.729. The third kappa shape index (κ3) is 2.77. The third-order valence-corrected chi connectivity index (χ3v) is 4.93. The molecule has 26 heavy (non-hydrogen) atoms. The number of aryl methyl sites for hydroxylation is 1. The van der Waals surface area contributed by atoms with E-state index in [0.717, 1.165) is 17.4 Å². The van der Waals surface area contributed by atoms with Crippen LogP contribution in [0, 0.1) is 12.7 Å². The molecule has 5 nitrogen and oxygen atoms in total. The summed E-state index contributed by atoms with van der Waals surface area (Å²) in [6.45, 7) is 2.36. The second-order valence-corrected chi connectivity index (χ2v) is 6.54. The number of halogens is 1. The molecule has 2 heterocycles. The fourth-order valence-electron chi connectivity index (χ4n) is 3.45. The highest BCUT2D eigenvalue weighted by atomic mass is 19.1. The first-order valence-corrected chi connectivity index (χ1v) is 8.56. The van der Waals surface area contributed by atoms with E-state index >= 15 is 0 Å². The average Bonchev–Trinajstić information content (AvgIpc) is 2.60. The first-order chi connectivity index (χ1) is 12.5. The van der Waals surface area contributed by atoms with Gasteiger partial charge in [-0.25, -0.2) is 9.07 Å². The fraction of sp³-hybridized carbons (Fsp3) is 0.250. The number of amides is 1. The van der Waals surface area contributed by atoms with Gasteiger partial charge in [-0.1, -0.05) is 30.3 Å². The zero-order valence-electron chi connectivity index (χ0n) is 14.4. The maximum Gasteiger partial charge on any atom is 0.275 e. The Morgan fingerprint density at radius 3 is 2.50 bits per heavy atom. The van der Waals surface area contributed by atoms with Crippen LogP contribution in [0.2, 0.25) is 0 Å². The molecule has 1 aromatic heterocycles. The lowest BCUT2D eigenvalue weighted by Crippen LogP contribution is -2.47. The van der Waals surface area contributed by atoms with E-state index in [4.69, 9.17) is 0 Å². The van der Waals surface area contributed by atoms with E-state index in [1.807, 2.05) is 19.1 Å². The molecule has 1 amide bonds. The van der Waals surface area contributed by atoms with Crippen LogP contribution in [0.15, 0.2) is 53.3 Å². The summed E-state index contributed by atoms with van der Waals surface area (Å²) in [5.74, 6) is -0.455. The Morgan fingerprint density at radius 2 is 1.85 bits per heavy atom. The molecular formula is C20H18FN3O2. The largest absolute Gasteiger partial charge is 0.334 e.